The summed E-state index contributed by atoms with van der Waals surface area (Å²) in [5.41, 5.74) is 0.457. The predicted octanol–water partition coefficient (Wildman–Crippen LogP) is 1.93. The topological polar surface area (TPSA) is 18.5 Å². The Bertz CT molecular complexity index is 258. The minimum Gasteiger partial charge on any atom is -0.309 e. The van der Waals surface area contributed by atoms with Crippen molar-refractivity contribution in [2.75, 3.05) is 33.7 Å². The van der Waals surface area contributed by atoms with E-state index in [1.54, 1.807) is 0 Å². The van der Waals surface area contributed by atoms with Gasteiger partial charge in [-0.1, -0.05) is 12.8 Å². The predicted molar refractivity (Wildman–Crippen MR) is 78.0 cm³/mol. The molecular weight excluding hydrogens is 222 g/mol. The standard InChI is InChI=1S/C15H31N3/c1-13(7-10-17(3)4)18-12-15(8-5-6-9-15)16-11-14(18)2/h13-14,16H,5-12H2,1-4H3. The van der Waals surface area contributed by atoms with Crippen LogP contribution in [0.2, 0.25) is 0 Å². The molecule has 1 aliphatic heterocycles. The lowest BCUT2D eigenvalue weighted by Crippen LogP contribution is -2.64. The van der Waals surface area contributed by atoms with Gasteiger partial charge in [0.05, 0.1) is 0 Å². The molecule has 0 radical (unpaired) electrons. The highest BCUT2D eigenvalue weighted by Crippen LogP contribution is 2.34. The van der Waals surface area contributed by atoms with E-state index in [0.717, 1.165) is 0 Å². The minimum atomic E-state index is 0.457. The number of nitrogens with zero attached hydrogens (tertiary/aromatic N) is 2. The molecule has 2 rings (SSSR count). The SMILES string of the molecule is CC(CCN(C)C)N1CC2(CCCC2)NCC1C. The van der Waals surface area contributed by atoms with Crippen molar-refractivity contribution >= 4 is 0 Å². The first kappa shape index (κ1) is 14.3. The molecule has 0 aromatic rings. The van der Waals surface area contributed by atoms with Crippen LogP contribution in [-0.2, 0) is 0 Å². The maximum absolute atomic E-state index is 3.84. The van der Waals surface area contributed by atoms with Crippen LogP contribution in [0.15, 0.2) is 0 Å². The van der Waals surface area contributed by atoms with E-state index >= 15 is 0 Å². The fourth-order valence-corrected chi connectivity index (χ4v) is 3.63. The van der Waals surface area contributed by atoms with Gasteiger partial charge in [0.1, 0.15) is 0 Å². The molecule has 1 N–H and O–H groups in total. The molecule has 2 unspecified atom stereocenters. The van der Waals surface area contributed by atoms with Crippen LogP contribution in [0.3, 0.4) is 0 Å². The van der Waals surface area contributed by atoms with Crippen LogP contribution in [-0.4, -0.2) is 61.2 Å². The van der Waals surface area contributed by atoms with Gasteiger partial charge in [-0.3, -0.25) is 4.90 Å². The lowest BCUT2D eigenvalue weighted by molar-refractivity contribution is 0.0511. The number of hydrogen-bond acceptors (Lipinski definition) is 3. The highest BCUT2D eigenvalue weighted by molar-refractivity contribution is 5.01. The molecule has 1 saturated carbocycles. The molecule has 1 spiro atoms. The van der Waals surface area contributed by atoms with Gasteiger partial charge in [-0.05, 0) is 53.8 Å². The molecule has 2 fully saturated rings. The molecule has 1 aliphatic carbocycles. The molecule has 0 aromatic heterocycles. The first-order valence-corrected chi connectivity index (χ1v) is 7.68. The van der Waals surface area contributed by atoms with Gasteiger partial charge in [0, 0.05) is 30.7 Å². The molecule has 3 heteroatoms. The smallest absolute Gasteiger partial charge is 0.0309 e. The van der Waals surface area contributed by atoms with Gasteiger partial charge in [0.25, 0.3) is 0 Å². The molecule has 1 saturated heterocycles. The molecule has 3 nitrogen and oxygen atoms in total. The number of rotatable bonds is 4. The third kappa shape index (κ3) is 3.25. The molecule has 2 aliphatic rings. The van der Waals surface area contributed by atoms with Crippen molar-refractivity contribution in [3.05, 3.63) is 0 Å². The van der Waals surface area contributed by atoms with Crippen molar-refractivity contribution in [3.63, 3.8) is 0 Å². The average Bonchev–Trinajstić information content (AvgIpc) is 2.78. The maximum Gasteiger partial charge on any atom is 0.0309 e. The van der Waals surface area contributed by atoms with Gasteiger partial charge in [-0.2, -0.15) is 0 Å². The van der Waals surface area contributed by atoms with Crippen LogP contribution in [0.4, 0.5) is 0 Å². The summed E-state index contributed by atoms with van der Waals surface area (Å²) in [6.45, 7) is 8.43. The average molecular weight is 253 g/mol. The summed E-state index contributed by atoms with van der Waals surface area (Å²) in [6, 6.07) is 1.40. The van der Waals surface area contributed by atoms with Crippen molar-refractivity contribution in [1.29, 1.82) is 0 Å². The summed E-state index contributed by atoms with van der Waals surface area (Å²) in [5, 5.41) is 3.84. The van der Waals surface area contributed by atoms with Crippen LogP contribution in [0.5, 0.6) is 0 Å². The normalized spacial score (nSPS) is 30.2. The van der Waals surface area contributed by atoms with Crippen molar-refractivity contribution in [2.24, 2.45) is 0 Å². The lowest BCUT2D eigenvalue weighted by atomic mass is 9.91. The number of nitrogens with one attached hydrogen (secondary N) is 1. The Morgan fingerprint density at radius 3 is 2.61 bits per heavy atom. The van der Waals surface area contributed by atoms with E-state index in [4.69, 9.17) is 0 Å². The maximum atomic E-state index is 3.84. The van der Waals surface area contributed by atoms with Crippen LogP contribution >= 0.6 is 0 Å². The molecule has 18 heavy (non-hydrogen) atoms. The highest BCUT2D eigenvalue weighted by atomic mass is 15.3. The van der Waals surface area contributed by atoms with Gasteiger partial charge in [0.2, 0.25) is 0 Å². The molecule has 0 aromatic carbocycles. The Labute approximate surface area is 113 Å². The largest absolute Gasteiger partial charge is 0.309 e. The van der Waals surface area contributed by atoms with Gasteiger partial charge >= 0.3 is 0 Å². The summed E-state index contributed by atoms with van der Waals surface area (Å²) in [6.07, 6.45) is 6.89. The van der Waals surface area contributed by atoms with Crippen LogP contribution < -0.4 is 5.32 Å². The zero-order chi connectivity index (χ0) is 13.2. The summed E-state index contributed by atoms with van der Waals surface area (Å²) >= 11 is 0. The molecule has 1 heterocycles. The lowest BCUT2D eigenvalue weighted by Gasteiger charge is -2.48. The fraction of sp³-hybridized carbons (Fsp3) is 1.00. The molecule has 0 amide bonds. The molecular formula is C15H31N3. The third-order valence-electron chi connectivity index (χ3n) is 4.94. The van der Waals surface area contributed by atoms with E-state index in [2.05, 4.69) is 43.1 Å². The summed E-state index contributed by atoms with van der Waals surface area (Å²) < 4.78 is 0. The Kier molecular flexibility index (Phi) is 4.68. The summed E-state index contributed by atoms with van der Waals surface area (Å²) in [4.78, 5) is 5.06. The zero-order valence-corrected chi connectivity index (χ0v) is 12.7. The van der Waals surface area contributed by atoms with Gasteiger partial charge in [0.15, 0.2) is 0 Å². The third-order valence-corrected chi connectivity index (χ3v) is 4.94. The van der Waals surface area contributed by atoms with Crippen molar-refractivity contribution in [3.8, 4) is 0 Å². The van der Waals surface area contributed by atoms with Crippen molar-refractivity contribution in [1.82, 2.24) is 15.1 Å². The minimum absolute atomic E-state index is 0.457. The number of hydrogen-bond donors (Lipinski definition) is 1. The highest BCUT2D eigenvalue weighted by Gasteiger charge is 2.40. The van der Waals surface area contributed by atoms with E-state index < -0.39 is 0 Å². The summed E-state index contributed by atoms with van der Waals surface area (Å²) in [7, 11) is 4.35. The zero-order valence-electron chi connectivity index (χ0n) is 12.7. The molecule has 0 bridgehead atoms. The molecule has 106 valence electrons. The van der Waals surface area contributed by atoms with Crippen molar-refractivity contribution < 1.29 is 0 Å². The Morgan fingerprint density at radius 1 is 1.33 bits per heavy atom. The second kappa shape index (κ2) is 5.89. The van der Waals surface area contributed by atoms with E-state index in [1.165, 1.54) is 51.7 Å². The van der Waals surface area contributed by atoms with Crippen molar-refractivity contribution in [2.45, 2.75) is 63.6 Å². The Hall–Kier alpha value is -0.120. The van der Waals surface area contributed by atoms with Gasteiger partial charge < -0.3 is 10.2 Å². The monoisotopic (exact) mass is 253 g/mol. The molecule has 2 atom stereocenters. The van der Waals surface area contributed by atoms with Crippen LogP contribution in [0.25, 0.3) is 0 Å². The quantitative estimate of drug-likeness (QED) is 0.826. The second-order valence-electron chi connectivity index (χ2n) is 6.83. The van der Waals surface area contributed by atoms with E-state index in [-0.39, 0.29) is 0 Å². The first-order valence-electron chi connectivity index (χ1n) is 7.68. The van der Waals surface area contributed by atoms with E-state index in [0.29, 0.717) is 17.6 Å². The fourth-order valence-electron chi connectivity index (χ4n) is 3.63. The Balaban J connectivity index is 1.92. The number of piperazine rings is 1. The van der Waals surface area contributed by atoms with Crippen LogP contribution in [0.1, 0.15) is 46.0 Å². The Morgan fingerprint density at radius 2 is 2.00 bits per heavy atom. The first-order chi connectivity index (χ1) is 8.52. The summed E-state index contributed by atoms with van der Waals surface area (Å²) in [5.74, 6) is 0. The van der Waals surface area contributed by atoms with E-state index in [9.17, 15) is 0 Å². The van der Waals surface area contributed by atoms with Crippen LogP contribution in [0, 0.1) is 0 Å². The van der Waals surface area contributed by atoms with Gasteiger partial charge in [-0.25, -0.2) is 0 Å². The second-order valence-corrected chi connectivity index (χ2v) is 6.83. The van der Waals surface area contributed by atoms with Gasteiger partial charge in [-0.15, -0.1) is 0 Å². The van der Waals surface area contributed by atoms with E-state index in [1.807, 2.05) is 0 Å².